The third kappa shape index (κ3) is 4.20. The number of carboxylic acid groups (broad SMARTS) is 1. The Morgan fingerprint density at radius 1 is 1.47 bits per heavy atom. The molecule has 0 radical (unpaired) electrons. The molecule has 1 aliphatic rings. The number of nitrogens with one attached hydrogen (secondary N) is 3. The van der Waals surface area contributed by atoms with Gasteiger partial charge in [-0.1, -0.05) is 17.3 Å². The highest BCUT2D eigenvalue weighted by atomic mass is 16.5. The molecular formula is C17H22BN7O5. The molecule has 1 aromatic carbocycles. The van der Waals surface area contributed by atoms with Crippen molar-refractivity contribution in [3.8, 4) is 5.75 Å². The molecule has 0 spiro atoms. The maximum Gasteiger partial charge on any atom is 0.547 e. The second-order valence-electron chi connectivity index (χ2n) is 7.37. The van der Waals surface area contributed by atoms with Crippen LogP contribution in [-0.2, 0) is 23.3 Å². The number of nitrogens with zero attached hydrogens (tertiary/aromatic N) is 3. The molecule has 3 rings (SSSR count). The van der Waals surface area contributed by atoms with E-state index in [2.05, 4.69) is 20.9 Å². The molecule has 13 heteroatoms. The summed E-state index contributed by atoms with van der Waals surface area (Å²) in [5.41, 5.74) is 5.10. The lowest BCUT2D eigenvalue weighted by atomic mass is 9.72. The number of carbonyl (C=O) groups is 2. The number of para-hydroxylation sites is 1. The van der Waals surface area contributed by atoms with Crippen LogP contribution in [0.4, 0.5) is 0 Å². The van der Waals surface area contributed by atoms with E-state index >= 15 is 0 Å². The number of hydrogen-bond donors (Lipinski definition) is 6. The number of aromatic nitrogens is 3. The molecule has 0 unspecified atom stereocenters. The fourth-order valence-electron chi connectivity index (χ4n) is 3.00. The van der Waals surface area contributed by atoms with E-state index in [4.69, 9.17) is 15.8 Å². The molecule has 0 saturated heterocycles. The summed E-state index contributed by atoms with van der Waals surface area (Å²) in [6.07, 6.45) is 1.75. The molecule has 0 fully saturated rings. The molecule has 1 atom stereocenters. The van der Waals surface area contributed by atoms with Gasteiger partial charge in [-0.2, -0.15) is 0 Å². The Kier molecular flexibility index (Phi) is 5.65. The fraction of sp³-hybridized carbons (Fsp3) is 0.353. The van der Waals surface area contributed by atoms with Crippen molar-refractivity contribution in [3.63, 3.8) is 0 Å². The van der Waals surface area contributed by atoms with Crippen molar-refractivity contribution in [3.05, 3.63) is 41.2 Å². The van der Waals surface area contributed by atoms with Gasteiger partial charge in [0.2, 0.25) is 5.91 Å². The number of rotatable bonds is 6. The topological polar surface area (TPSA) is 188 Å². The van der Waals surface area contributed by atoms with Crippen molar-refractivity contribution >= 4 is 25.0 Å². The molecule has 0 aliphatic carbocycles. The standard InChI is InChI=1S/C17H22BN7O5/c1-17(2,25-8-10(23-24-25)7-21-16(19)20)15(28)22-12-6-9-4-3-5-11(14(26)27)13(9)30-18(12)29/h3-5,8,12,29H,6-7H2,1-2H3,(H,22,28)(H,26,27)(H4,19,20,21)/t12-/m0/s1. The molecule has 7 N–H and O–H groups in total. The summed E-state index contributed by atoms with van der Waals surface area (Å²) in [4.78, 5) is 24.3. The number of guanidine groups is 1. The summed E-state index contributed by atoms with van der Waals surface area (Å²) in [7, 11) is -1.41. The number of aromatic carboxylic acids is 1. The van der Waals surface area contributed by atoms with Crippen LogP contribution < -0.4 is 21.0 Å². The van der Waals surface area contributed by atoms with Crippen LogP contribution in [0.3, 0.4) is 0 Å². The smallest absolute Gasteiger partial charge is 0.534 e. The Morgan fingerprint density at radius 2 is 2.20 bits per heavy atom. The SMILES string of the molecule is CC(C)(C(=O)N[C@H]1Cc2cccc(C(=O)O)c2OB1O)n1cc(CNC(=N)N)nn1. The van der Waals surface area contributed by atoms with E-state index < -0.39 is 30.5 Å². The van der Waals surface area contributed by atoms with E-state index in [9.17, 15) is 19.7 Å². The maximum atomic E-state index is 12.9. The molecule has 12 nitrogen and oxygen atoms in total. The molecule has 0 bridgehead atoms. The number of hydrogen-bond acceptors (Lipinski definition) is 7. The minimum atomic E-state index is -1.41. The second-order valence-corrected chi connectivity index (χ2v) is 7.37. The van der Waals surface area contributed by atoms with E-state index in [-0.39, 0.29) is 30.2 Å². The molecule has 158 valence electrons. The van der Waals surface area contributed by atoms with Crippen molar-refractivity contribution in [2.24, 2.45) is 5.73 Å². The molecule has 1 aliphatic heterocycles. The van der Waals surface area contributed by atoms with Crippen molar-refractivity contribution in [1.29, 1.82) is 5.41 Å². The van der Waals surface area contributed by atoms with Gasteiger partial charge in [-0.05, 0) is 31.9 Å². The zero-order valence-electron chi connectivity index (χ0n) is 16.4. The largest absolute Gasteiger partial charge is 0.547 e. The summed E-state index contributed by atoms with van der Waals surface area (Å²) in [5.74, 6) is -2.50. The van der Waals surface area contributed by atoms with Crippen molar-refractivity contribution in [1.82, 2.24) is 25.6 Å². The van der Waals surface area contributed by atoms with E-state index in [0.29, 0.717) is 11.3 Å². The summed E-state index contributed by atoms with van der Waals surface area (Å²) >= 11 is 0. The zero-order chi connectivity index (χ0) is 22.1. The Morgan fingerprint density at radius 3 is 2.87 bits per heavy atom. The van der Waals surface area contributed by atoms with Crippen LogP contribution >= 0.6 is 0 Å². The van der Waals surface area contributed by atoms with Crippen molar-refractivity contribution < 1.29 is 24.4 Å². The van der Waals surface area contributed by atoms with E-state index in [1.54, 1.807) is 32.2 Å². The Hall–Kier alpha value is -3.61. The highest BCUT2D eigenvalue weighted by Crippen LogP contribution is 2.30. The normalized spacial score (nSPS) is 15.7. The van der Waals surface area contributed by atoms with E-state index in [1.165, 1.54) is 10.7 Å². The van der Waals surface area contributed by atoms with Crippen molar-refractivity contribution in [2.45, 2.75) is 38.3 Å². The van der Waals surface area contributed by atoms with Crippen LogP contribution in [0.15, 0.2) is 24.4 Å². The summed E-state index contributed by atoms with van der Waals surface area (Å²) in [5, 5.41) is 40.0. The number of carboxylic acids is 1. The van der Waals surface area contributed by atoms with Crippen molar-refractivity contribution in [2.75, 3.05) is 0 Å². The molecule has 1 amide bonds. The number of nitrogens with two attached hydrogens (primary N) is 1. The predicted octanol–water partition coefficient (Wildman–Crippen LogP) is -1.17. The van der Waals surface area contributed by atoms with E-state index in [1.807, 2.05) is 0 Å². The van der Waals surface area contributed by atoms with Crippen LogP contribution in [0, 0.1) is 5.41 Å². The van der Waals surface area contributed by atoms with Gasteiger partial charge in [0.05, 0.1) is 24.2 Å². The molecule has 0 saturated carbocycles. The van der Waals surface area contributed by atoms with Gasteiger partial charge in [-0.25, -0.2) is 9.48 Å². The number of benzene rings is 1. The first-order valence-corrected chi connectivity index (χ1v) is 9.10. The average Bonchev–Trinajstić information content (AvgIpc) is 3.16. The lowest BCUT2D eigenvalue weighted by Gasteiger charge is -2.31. The zero-order valence-corrected chi connectivity index (χ0v) is 16.4. The lowest BCUT2D eigenvalue weighted by Crippen LogP contribution is -2.57. The van der Waals surface area contributed by atoms with Gasteiger partial charge in [0.1, 0.15) is 17.0 Å². The number of amides is 1. The third-order valence-corrected chi connectivity index (χ3v) is 4.80. The minimum absolute atomic E-state index is 0.0500. The first kappa shape index (κ1) is 21.1. The first-order chi connectivity index (χ1) is 14.1. The van der Waals surface area contributed by atoms with Crippen LogP contribution in [0.5, 0.6) is 5.75 Å². The minimum Gasteiger partial charge on any atom is -0.534 e. The Bertz CT molecular complexity index is 993. The molecule has 30 heavy (non-hydrogen) atoms. The van der Waals surface area contributed by atoms with Crippen LogP contribution in [-0.4, -0.2) is 56.0 Å². The molecule has 2 aromatic rings. The van der Waals surface area contributed by atoms with Gasteiger partial charge in [0.25, 0.3) is 0 Å². The third-order valence-electron chi connectivity index (χ3n) is 4.80. The van der Waals surface area contributed by atoms with Gasteiger partial charge in [-0.15, -0.1) is 5.10 Å². The van der Waals surface area contributed by atoms with Crippen LogP contribution in [0.25, 0.3) is 0 Å². The van der Waals surface area contributed by atoms with Gasteiger partial charge in [0.15, 0.2) is 5.96 Å². The fourth-order valence-corrected chi connectivity index (χ4v) is 3.00. The lowest BCUT2D eigenvalue weighted by molar-refractivity contribution is -0.129. The number of fused-ring (bicyclic) bond motifs is 1. The van der Waals surface area contributed by atoms with Gasteiger partial charge in [-0.3, -0.25) is 10.2 Å². The average molecular weight is 415 g/mol. The highest BCUT2D eigenvalue weighted by Gasteiger charge is 2.41. The van der Waals surface area contributed by atoms with E-state index in [0.717, 1.165) is 0 Å². The molecular weight excluding hydrogens is 393 g/mol. The second kappa shape index (κ2) is 8.03. The molecule has 2 heterocycles. The Labute approximate surface area is 172 Å². The first-order valence-electron chi connectivity index (χ1n) is 9.10. The van der Waals surface area contributed by atoms with Crippen LogP contribution in [0.2, 0.25) is 0 Å². The maximum absolute atomic E-state index is 12.9. The van der Waals surface area contributed by atoms with Gasteiger partial charge < -0.3 is 31.2 Å². The van der Waals surface area contributed by atoms with Crippen LogP contribution in [0.1, 0.15) is 35.5 Å². The highest BCUT2D eigenvalue weighted by molar-refractivity contribution is 6.47. The summed E-state index contributed by atoms with van der Waals surface area (Å²) in [6.45, 7) is 3.45. The monoisotopic (exact) mass is 415 g/mol. The quantitative estimate of drug-likeness (QED) is 0.192. The number of carbonyl (C=O) groups excluding carboxylic acids is 1. The molecule has 1 aromatic heterocycles. The summed E-state index contributed by atoms with van der Waals surface area (Å²) in [6, 6.07) is 4.65. The van der Waals surface area contributed by atoms with Gasteiger partial charge in [0, 0.05) is 0 Å². The summed E-state index contributed by atoms with van der Waals surface area (Å²) < 4.78 is 6.77. The van der Waals surface area contributed by atoms with Gasteiger partial charge >= 0.3 is 13.1 Å². The Balaban J connectivity index is 1.73. The predicted molar refractivity (Wildman–Crippen MR) is 106 cm³/mol.